The van der Waals surface area contributed by atoms with Gasteiger partial charge in [0, 0.05) is 75.2 Å². The topological polar surface area (TPSA) is 308 Å². The van der Waals surface area contributed by atoms with Gasteiger partial charge in [-0.2, -0.15) is 11.8 Å². The number of ether oxygens (including phenoxy) is 1. The molecule has 26 heteroatoms. The van der Waals surface area contributed by atoms with Crippen molar-refractivity contribution in [3.05, 3.63) is 12.2 Å². The molecule has 1 heterocycles. The summed E-state index contributed by atoms with van der Waals surface area (Å²) in [6, 6.07) is -14.2. The van der Waals surface area contributed by atoms with Crippen molar-refractivity contribution in [1.29, 1.82) is 0 Å². The Labute approximate surface area is 567 Å². The van der Waals surface area contributed by atoms with Gasteiger partial charge in [-0.05, 0) is 121 Å². The number of hydrogen-bond donors (Lipinski definition) is 6. The van der Waals surface area contributed by atoms with E-state index < -0.39 is 161 Å². The number of carbonyl (C=O) groups excluding carboxylic acids is 11. The molecule has 0 aromatic carbocycles. The van der Waals surface area contributed by atoms with Crippen molar-refractivity contribution in [2.75, 3.05) is 74.6 Å². The Balaban J connectivity index is 4.59. The highest BCUT2D eigenvalue weighted by atomic mass is 32.2. The summed E-state index contributed by atoms with van der Waals surface area (Å²) < 4.78 is 5.81. The molecule has 0 aliphatic carbocycles. The van der Waals surface area contributed by atoms with Gasteiger partial charge in [0.25, 0.3) is 0 Å². The number of nitrogens with zero attached hydrogens (tertiary/aromatic N) is 7. The van der Waals surface area contributed by atoms with Gasteiger partial charge in [-0.3, -0.25) is 52.7 Å². The first-order chi connectivity index (χ1) is 43.5. The Morgan fingerprint density at radius 2 is 0.968 bits per heavy atom. The number of likely N-dealkylation sites (N-methyl/N-ethyl adjacent to an activating group) is 7. The molecule has 11 amide bonds. The van der Waals surface area contributed by atoms with E-state index in [1.54, 1.807) is 74.5 Å². The molecular weight excluding hydrogens is 1230 g/mol. The van der Waals surface area contributed by atoms with E-state index in [1.165, 1.54) is 111 Å². The van der Waals surface area contributed by atoms with Crippen LogP contribution in [-0.2, 0) is 57.5 Å². The Kier molecular flexibility index (Phi) is 36.7. The van der Waals surface area contributed by atoms with E-state index >= 15 is 33.6 Å². The minimum atomic E-state index is -1.66. The lowest BCUT2D eigenvalue weighted by Crippen LogP contribution is -2.64. The highest BCUT2D eigenvalue weighted by Gasteiger charge is 2.47. The highest BCUT2D eigenvalue weighted by Crippen LogP contribution is 2.27. The number of amides is 11. The lowest BCUT2D eigenvalue weighted by molar-refractivity contribution is -0.157. The van der Waals surface area contributed by atoms with Gasteiger partial charge < -0.3 is 70.5 Å². The van der Waals surface area contributed by atoms with Crippen LogP contribution in [0.25, 0.3) is 0 Å². The fourth-order valence-corrected chi connectivity index (χ4v) is 12.7. The molecule has 94 heavy (non-hydrogen) atoms. The van der Waals surface area contributed by atoms with Crippen LogP contribution in [0.15, 0.2) is 12.2 Å². The van der Waals surface area contributed by atoms with Gasteiger partial charge in [0.2, 0.25) is 65.0 Å². The largest absolute Gasteiger partial charge is 0.396 e. The number of allylic oxidation sites excluding steroid dienone is 2. The number of aliphatic hydroxyl groups is 2. The Morgan fingerprint density at radius 3 is 1.45 bits per heavy atom. The van der Waals surface area contributed by atoms with E-state index in [1.807, 2.05) is 41.5 Å². The number of hydrogen-bond acceptors (Lipinski definition) is 15. The summed E-state index contributed by atoms with van der Waals surface area (Å²) >= 11 is 1.33. The predicted molar refractivity (Wildman–Crippen MR) is 367 cm³/mol. The summed E-state index contributed by atoms with van der Waals surface area (Å²) in [6.07, 6.45) is 3.63. The molecule has 25 nitrogen and oxygen atoms in total. The normalized spacial score (nSPS) is 26.4. The molecule has 0 bridgehead atoms. The molecule has 1 saturated heterocycles. The van der Waals surface area contributed by atoms with Crippen molar-refractivity contribution in [3.8, 4) is 0 Å². The first-order valence-electron chi connectivity index (χ1n) is 33.6. The van der Waals surface area contributed by atoms with E-state index in [0.29, 0.717) is 18.6 Å². The fraction of sp³-hybridized carbons (Fsp3) is 0.809. The molecule has 1 rings (SSSR count). The van der Waals surface area contributed by atoms with E-state index in [2.05, 4.69) is 21.3 Å². The summed E-state index contributed by atoms with van der Waals surface area (Å²) in [7, 11) is 11.4. The van der Waals surface area contributed by atoms with E-state index in [9.17, 15) is 29.4 Å². The summed E-state index contributed by atoms with van der Waals surface area (Å²) in [5.41, 5.74) is -1.06. The van der Waals surface area contributed by atoms with E-state index in [-0.39, 0.29) is 68.6 Å². The van der Waals surface area contributed by atoms with Crippen LogP contribution in [-0.4, -0.2) is 262 Å². The second kappa shape index (κ2) is 40.0. The molecule has 1 aliphatic heterocycles. The van der Waals surface area contributed by atoms with Crippen molar-refractivity contribution in [2.45, 2.75) is 247 Å². The average Bonchev–Trinajstić information content (AvgIpc) is 0.818. The molecule has 6 N–H and O–H groups in total. The maximum atomic E-state index is 15.4. The van der Waals surface area contributed by atoms with Crippen LogP contribution in [0.4, 0.5) is 0 Å². The SMILES string of the molecule is CC=CC[C@@H](C)[C@@H](O)[C@H]1C(=O)N[C@@H](CC)C(=O)N(C)[C@H](CSCCCCO)C(=O)N(C)[C@@H](CC(C)(C)OC)C(=O)N[C@@H](C(C)C)C(=O)N(C)[C@@H](CC(C)C)C(=O)N[C@@H](C)C(=O)N[C@H](C)C(=O)N(C)[C@@H](CC(C)C)C(=O)N(C)[C@@H](CC(C)C)C(=O)N(C)[C@@H](C(C)C)C(=O)N1C. The van der Waals surface area contributed by atoms with Crippen molar-refractivity contribution < 1.29 is 67.7 Å². The van der Waals surface area contributed by atoms with Gasteiger partial charge in [0.05, 0.1) is 11.7 Å². The summed E-state index contributed by atoms with van der Waals surface area (Å²) in [5, 5.41) is 33.0. The summed E-state index contributed by atoms with van der Waals surface area (Å²) in [4.78, 5) is 173. The second-order valence-electron chi connectivity index (χ2n) is 28.4. The third-order valence-electron chi connectivity index (χ3n) is 17.9. The maximum Gasteiger partial charge on any atom is 0.246 e. The number of aliphatic hydroxyl groups excluding tert-OH is 2. The zero-order valence-corrected chi connectivity index (χ0v) is 62.5. The minimum Gasteiger partial charge on any atom is -0.396 e. The zero-order valence-electron chi connectivity index (χ0n) is 61.7. The number of methoxy groups -OCH3 is 1. The molecule has 0 aromatic heterocycles. The maximum absolute atomic E-state index is 15.4. The average molecular weight is 1350 g/mol. The van der Waals surface area contributed by atoms with Crippen LogP contribution in [0.1, 0.15) is 169 Å². The number of unbranched alkanes of at least 4 members (excludes halogenated alkanes) is 1. The first-order valence-corrected chi connectivity index (χ1v) is 34.8. The van der Waals surface area contributed by atoms with Gasteiger partial charge in [0.15, 0.2) is 0 Å². The highest BCUT2D eigenvalue weighted by molar-refractivity contribution is 7.99. The molecule has 0 unspecified atom stereocenters. The van der Waals surface area contributed by atoms with Crippen molar-refractivity contribution in [3.63, 3.8) is 0 Å². The summed E-state index contributed by atoms with van der Waals surface area (Å²) in [5.74, 6) is -9.64. The number of rotatable bonds is 22. The second-order valence-corrected chi connectivity index (χ2v) is 29.5. The number of carbonyl (C=O) groups is 11. The van der Waals surface area contributed by atoms with Gasteiger partial charge >= 0.3 is 0 Å². The standard InChI is InChI=1S/C68H123N11O14S/c1-26-28-31-44(13)56(81)55-60(85)71-47(27-2)62(87)77(22)52(38-94-33-30-29-32-80)65(90)76(21)51(37-68(16,17)93-25)59(84)72-53(42(9)10)66(91)73(18)48(34-39(3)4)58(83)69-45(14)57(82)70-46(15)61(86)74(19)49(35-40(5)6)63(88)75(20)50(36-41(7)8)64(89)78(23)54(43(11)12)67(92)79(55)24/h26,28,39-56,80-81H,27,29-38H2,1-25H3,(H,69,83)(H,70,82)(H,71,85)(H,72,84)/t44-,45+,46-,47+,48+,49+,50+,51+,52-,53+,54+,55+,56-/m1/s1. The van der Waals surface area contributed by atoms with Crippen molar-refractivity contribution in [1.82, 2.24) is 55.6 Å². The third-order valence-corrected chi connectivity index (χ3v) is 19.0. The van der Waals surface area contributed by atoms with Crippen LogP contribution in [0, 0.1) is 35.5 Å². The molecular formula is C68H123N11O14S. The molecule has 1 fully saturated rings. The predicted octanol–water partition coefficient (Wildman–Crippen LogP) is 3.91. The van der Waals surface area contributed by atoms with Gasteiger partial charge in [-0.15, -0.1) is 0 Å². The molecule has 1 aliphatic rings. The smallest absolute Gasteiger partial charge is 0.246 e. The van der Waals surface area contributed by atoms with Gasteiger partial charge in [-0.1, -0.05) is 95.2 Å². The first kappa shape index (κ1) is 86.2. The van der Waals surface area contributed by atoms with Crippen LogP contribution in [0.2, 0.25) is 0 Å². The minimum absolute atomic E-state index is 0.000712. The van der Waals surface area contributed by atoms with Gasteiger partial charge in [0.1, 0.15) is 66.5 Å². The molecule has 0 saturated carbocycles. The number of nitrogens with one attached hydrogen (secondary N) is 4. The Hall–Kier alpha value is -5.86. The van der Waals surface area contributed by atoms with Crippen molar-refractivity contribution in [2.24, 2.45) is 35.5 Å². The number of thioether (sulfide) groups is 1. The lowest BCUT2D eigenvalue weighted by atomic mass is 9.91. The Morgan fingerprint density at radius 1 is 0.521 bits per heavy atom. The monoisotopic (exact) mass is 1350 g/mol. The molecule has 0 spiro atoms. The molecule has 0 aromatic rings. The third kappa shape index (κ3) is 24.7. The molecule has 13 atom stereocenters. The Bertz CT molecular complexity index is 2550. The lowest BCUT2D eigenvalue weighted by Gasteiger charge is -2.41. The summed E-state index contributed by atoms with van der Waals surface area (Å²) in [6.45, 7) is 29.5. The van der Waals surface area contributed by atoms with Crippen LogP contribution in [0.5, 0.6) is 0 Å². The van der Waals surface area contributed by atoms with Crippen molar-refractivity contribution >= 4 is 76.7 Å². The van der Waals surface area contributed by atoms with Crippen LogP contribution >= 0.6 is 11.8 Å². The molecule has 0 radical (unpaired) electrons. The van der Waals surface area contributed by atoms with E-state index in [0.717, 1.165) is 4.90 Å². The van der Waals surface area contributed by atoms with Gasteiger partial charge in [-0.25, -0.2) is 0 Å². The van der Waals surface area contributed by atoms with E-state index in [4.69, 9.17) is 4.74 Å². The zero-order chi connectivity index (χ0) is 72.7. The quantitative estimate of drug-likeness (QED) is 0.0662. The van der Waals surface area contributed by atoms with Crippen LogP contribution < -0.4 is 21.3 Å². The molecule has 540 valence electrons. The van der Waals surface area contributed by atoms with Crippen LogP contribution in [0.3, 0.4) is 0 Å². The fourth-order valence-electron chi connectivity index (χ4n) is 11.6.